The minimum Gasteiger partial charge on any atom is -0.406 e. The number of thiazole rings is 1. The van der Waals surface area contributed by atoms with Crippen LogP contribution in [-0.2, 0) is 10.0 Å². The molecule has 11 heteroatoms. The van der Waals surface area contributed by atoms with Crippen LogP contribution in [0, 0.1) is 0 Å². The molecule has 0 aliphatic heterocycles. The van der Waals surface area contributed by atoms with E-state index in [9.17, 15) is 21.6 Å². The van der Waals surface area contributed by atoms with Crippen LogP contribution in [-0.4, -0.2) is 24.7 Å². The van der Waals surface area contributed by atoms with Crippen molar-refractivity contribution < 1.29 is 26.3 Å². The normalized spacial score (nSPS) is 14.6. The summed E-state index contributed by atoms with van der Waals surface area (Å²) in [6.45, 7) is 0. The molecule has 2 heterocycles. The minimum atomic E-state index is -4.85. The number of anilines is 1. The van der Waals surface area contributed by atoms with Gasteiger partial charge >= 0.3 is 6.36 Å². The van der Waals surface area contributed by atoms with Crippen LogP contribution in [0.4, 0.5) is 18.3 Å². The number of ether oxygens (including phenoxy) is 1. The first-order chi connectivity index (χ1) is 13.7. The average Bonchev–Trinajstić information content (AvgIpc) is 3.42. The second-order valence-corrected chi connectivity index (χ2v) is 9.06. The lowest BCUT2D eigenvalue weighted by atomic mass is 10.2. The van der Waals surface area contributed by atoms with Crippen LogP contribution >= 0.6 is 11.3 Å². The standard InChI is InChI=1S/C18H14F3N3O3S2/c19-18(20,21)27-12-6-8-13(9-7-12)29(25,26)24-17-23-15(14-3-1-2-10-22-14)16(28-17)11-4-5-11/h1-3,6-11H,4-5H2,(H,23,24). The first-order valence-corrected chi connectivity index (χ1v) is 10.8. The third-order valence-corrected chi connectivity index (χ3v) is 6.72. The molecule has 1 aliphatic carbocycles. The molecule has 1 aromatic carbocycles. The van der Waals surface area contributed by atoms with Crippen LogP contribution in [0.2, 0.25) is 0 Å². The van der Waals surface area contributed by atoms with Crippen molar-refractivity contribution in [2.45, 2.75) is 30.0 Å². The highest BCUT2D eigenvalue weighted by molar-refractivity contribution is 7.93. The number of benzene rings is 1. The van der Waals surface area contributed by atoms with E-state index in [0.29, 0.717) is 17.3 Å². The van der Waals surface area contributed by atoms with Crippen molar-refractivity contribution in [2.24, 2.45) is 0 Å². The van der Waals surface area contributed by atoms with Gasteiger partial charge < -0.3 is 4.74 Å². The SMILES string of the molecule is O=S(=O)(Nc1nc(-c2ccccn2)c(C2CC2)s1)c1ccc(OC(F)(F)F)cc1. The molecule has 29 heavy (non-hydrogen) atoms. The Bertz CT molecular complexity index is 1110. The van der Waals surface area contributed by atoms with Crippen LogP contribution in [0.5, 0.6) is 5.75 Å². The van der Waals surface area contributed by atoms with Gasteiger partial charge in [-0.15, -0.1) is 24.5 Å². The van der Waals surface area contributed by atoms with E-state index in [0.717, 1.165) is 42.0 Å². The maximum Gasteiger partial charge on any atom is 0.573 e. The first kappa shape index (κ1) is 19.6. The lowest BCUT2D eigenvalue weighted by Gasteiger charge is -2.09. The van der Waals surface area contributed by atoms with Gasteiger partial charge in [0.05, 0.1) is 10.6 Å². The van der Waals surface area contributed by atoms with Gasteiger partial charge in [0.1, 0.15) is 11.4 Å². The van der Waals surface area contributed by atoms with Crippen molar-refractivity contribution in [2.75, 3.05) is 4.72 Å². The molecule has 6 nitrogen and oxygen atoms in total. The zero-order valence-electron chi connectivity index (χ0n) is 14.7. The summed E-state index contributed by atoms with van der Waals surface area (Å²) in [6.07, 6.45) is -1.19. The zero-order chi connectivity index (χ0) is 20.6. The lowest BCUT2D eigenvalue weighted by molar-refractivity contribution is -0.274. The second-order valence-electron chi connectivity index (χ2n) is 6.35. The zero-order valence-corrected chi connectivity index (χ0v) is 16.3. The van der Waals surface area contributed by atoms with E-state index in [4.69, 9.17) is 0 Å². The molecule has 2 aromatic heterocycles. The Balaban J connectivity index is 1.58. The van der Waals surface area contributed by atoms with Crippen LogP contribution in [0.15, 0.2) is 53.6 Å². The molecule has 0 amide bonds. The van der Waals surface area contributed by atoms with Crippen molar-refractivity contribution in [1.82, 2.24) is 9.97 Å². The largest absolute Gasteiger partial charge is 0.573 e. The molecule has 0 unspecified atom stereocenters. The number of nitrogens with one attached hydrogen (secondary N) is 1. The van der Waals surface area contributed by atoms with Gasteiger partial charge in [0.25, 0.3) is 10.0 Å². The molecule has 0 spiro atoms. The topological polar surface area (TPSA) is 81.2 Å². The summed E-state index contributed by atoms with van der Waals surface area (Å²) in [4.78, 5) is 9.47. The minimum absolute atomic E-state index is 0.183. The van der Waals surface area contributed by atoms with Crippen molar-refractivity contribution >= 4 is 26.5 Å². The van der Waals surface area contributed by atoms with Crippen molar-refractivity contribution in [3.63, 3.8) is 0 Å². The van der Waals surface area contributed by atoms with Crippen LogP contribution in [0.1, 0.15) is 23.6 Å². The van der Waals surface area contributed by atoms with Crippen molar-refractivity contribution in [3.8, 4) is 17.1 Å². The molecule has 1 saturated carbocycles. The van der Waals surface area contributed by atoms with Crippen LogP contribution in [0.3, 0.4) is 0 Å². The van der Waals surface area contributed by atoms with Gasteiger partial charge in [-0.3, -0.25) is 9.71 Å². The third kappa shape index (κ3) is 4.67. The predicted molar refractivity (Wildman–Crippen MR) is 101 cm³/mol. The Labute approximate surface area is 168 Å². The number of nitrogens with zero attached hydrogens (tertiary/aromatic N) is 2. The van der Waals surface area contributed by atoms with E-state index in [2.05, 4.69) is 19.4 Å². The summed E-state index contributed by atoms with van der Waals surface area (Å²) in [7, 11) is -4.02. The number of hydrogen-bond donors (Lipinski definition) is 1. The summed E-state index contributed by atoms with van der Waals surface area (Å²) >= 11 is 1.24. The number of aromatic nitrogens is 2. The number of hydrogen-bond acceptors (Lipinski definition) is 6. The molecule has 0 radical (unpaired) electrons. The van der Waals surface area contributed by atoms with Gasteiger partial charge in [0.15, 0.2) is 5.13 Å². The van der Waals surface area contributed by atoms with E-state index in [-0.39, 0.29) is 10.0 Å². The quantitative estimate of drug-likeness (QED) is 0.595. The number of sulfonamides is 1. The molecule has 4 rings (SSSR count). The number of halogens is 3. The molecule has 0 saturated heterocycles. The number of rotatable bonds is 6. The molecular weight excluding hydrogens is 427 g/mol. The van der Waals surface area contributed by atoms with Crippen molar-refractivity contribution in [1.29, 1.82) is 0 Å². The smallest absolute Gasteiger partial charge is 0.406 e. The van der Waals surface area contributed by atoms with Crippen LogP contribution < -0.4 is 9.46 Å². The highest BCUT2D eigenvalue weighted by atomic mass is 32.2. The summed E-state index contributed by atoms with van der Waals surface area (Å²) in [6, 6.07) is 9.38. The highest BCUT2D eigenvalue weighted by Crippen LogP contribution is 2.48. The lowest BCUT2D eigenvalue weighted by Crippen LogP contribution is -2.17. The van der Waals surface area contributed by atoms with Crippen LogP contribution in [0.25, 0.3) is 11.4 Å². The third-order valence-electron chi connectivity index (χ3n) is 4.10. The number of alkyl halides is 3. The van der Waals surface area contributed by atoms with E-state index >= 15 is 0 Å². The fraction of sp³-hybridized carbons (Fsp3) is 0.222. The van der Waals surface area contributed by atoms with Gasteiger partial charge in [-0.25, -0.2) is 13.4 Å². The first-order valence-electron chi connectivity index (χ1n) is 8.52. The fourth-order valence-electron chi connectivity index (χ4n) is 2.68. The summed E-state index contributed by atoms with van der Waals surface area (Å²) in [5.41, 5.74) is 1.30. The van der Waals surface area contributed by atoms with Gasteiger partial charge in [-0.2, -0.15) is 0 Å². The maximum absolute atomic E-state index is 12.6. The monoisotopic (exact) mass is 441 g/mol. The van der Waals surface area contributed by atoms with E-state index < -0.39 is 22.1 Å². The number of pyridine rings is 1. The Morgan fingerprint density at radius 1 is 1.10 bits per heavy atom. The Hall–Kier alpha value is -2.66. The maximum atomic E-state index is 12.6. The van der Waals surface area contributed by atoms with Gasteiger partial charge in [-0.1, -0.05) is 6.07 Å². The molecule has 1 fully saturated rings. The van der Waals surface area contributed by atoms with Crippen molar-refractivity contribution in [3.05, 3.63) is 53.5 Å². The summed E-state index contributed by atoms with van der Waals surface area (Å²) < 4.78 is 68.1. The van der Waals surface area contributed by atoms with E-state index in [1.54, 1.807) is 18.3 Å². The summed E-state index contributed by atoms with van der Waals surface area (Å²) in [5, 5.41) is 0.183. The fourth-order valence-corrected chi connectivity index (χ4v) is 5.06. The Morgan fingerprint density at radius 3 is 2.41 bits per heavy atom. The molecule has 152 valence electrons. The molecule has 1 aliphatic rings. The molecule has 0 bridgehead atoms. The van der Waals surface area contributed by atoms with Gasteiger partial charge in [-0.05, 0) is 55.2 Å². The van der Waals surface area contributed by atoms with E-state index in [1.807, 2.05) is 6.07 Å². The summed E-state index contributed by atoms with van der Waals surface area (Å²) in [5.74, 6) is -0.166. The van der Waals surface area contributed by atoms with Gasteiger partial charge in [0, 0.05) is 11.1 Å². The molecule has 0 atom stereocenters. The molecular formula is C18H14F3N3O3S2. The van der Waals surface area contributed by atoms with Gasteiger partial charge in [0.2, 0.25) is 0 Å². The molecule has 1 N–H and O–H groups in total. The Kier molecular flexibility index (Phi) is 4.95. The molecule has 3 aromatic rings. The predicted octanol–water partition coefficient (Wildman–Crippen LogP) is 4.78. The Morgan fingerprint density at radius 2 is 1.83 bits per heavy atom. The average molecular weight is 441 g/mol. The van der Waals surface area contributed by atoms with E-state index in [1.165, 1.54) is 11.3 Å². The highest BCUT2D eigenvalue weighted by Gasteiger charge is 2.32. The second kappa shape index (κ2) is 7.30.